The first kappa shape index (κ1) is 13.9. The molecule has 0 amide bonds. The summed E-state index contributed by atoms with van der Waals surface area (Å²) in [6, 6.07) is 0. The van der Waals surface area contributed by atoms with Gasteiger partial charge in [-0.3, -0.25) is 4.79 Å². The fraction of sp³-hybridized carbons (Fsp3) is 0.500. The van der Waals surface area contributed by atoms with Crippen LogP contribution in [0.5, 0.6) is 0 Å². The highest BCUT2D eigenvalue weighted by atomic mass is 19.4. The Labute approximate surface area is 85.5 Å². The van der Waals surface area contributed by atoms with E-state index < -0.39 is 29.8 Å². The molecule has 0 aliphatic rings. The summed E-state index contributed by atoms with van der Waals surface area (Å²) in [7, 11) is 0. The number of alkyl halides is 3. The van der Waals surface area contributed by atoms with Crippen molar-refractivity contribution in [2.75, 3.05) is 0 Å². The first-order valence-corrected chi connectivity index (χ1v) is 4.41. The van der Waals surface area contributed by atoms with E-state index in [-0.39, 0.29) is 0 Å². The minimum absolute atomic E-state index is 0.322. The van der Waals surface area contributed by atoms with Crippen molar-refractivity contribution < 1.29 is 22.4 Å². The second kappa shape index (κ2) is 5.68. The molecule has 0 spiro atoms. The Bertz CT molecular complexity index is 286. The SMILES string of the molecule is CC/C=C(F)\C(=C/CC(F)(F)F)C(C)=O. The molecule has 0 fully saturated rings. The average Bonchev–Trinajstić information content (AvgIpc) is 2.01. The molecule has 0 aliphatic carbocycles. The van der Waals surface area contributed by atoms with Crippen LogP contribution in [-0.2, 0) is 4.79 Å². The fourth-order valence-electron chi connectivity index (χ4n) is 0.916. The molecule has 0 unspecified atom stereocenters. The van der Waals surface area contributed by atoms with Gasteiger partial charge in [0.05, 0.1) is 6.42 Å². The van der Waals surface area contributed by atoms with Crippen molar-refractivity contribution in [3.05, 3.63) is 23.6 Å². The maximum Gasteiger partial charge on any atom is 0.392 e. The topological polar surface area (TPSA) is 17.1 Å². The van der Waals surface area contributed by atoms with E-state index in [2.05, 4.69) is 0 Å². The molecule has 86 valence electrons. The minimum Gasteiger partial charge on any atom is -0.294 e. The molecule has 0 bridgehead atoms. The largest absolute Gasteiger partial charge is 0.392 e. The van der Waals surface area contributed by atoms with Crippen LogP contribution in [0.2, 0.25) is 0 Å². The Kier molecular flexibility index (Phi) is 5.25. The third kappa shape index (κ3) is 6.04. The van der Waals surface area contributed by atoms with Gasteiger partial charge in [-0.2, -0.15) is 13.2 Å². The molecule has 5 heteroatoms. The number of carbonyl (C=O) groups excluding carboxylic acids is 1. The van der Waals surface area contributed by atoms with E-state index >= 15 is 0 Å². The van der Waals surface area contributed by atoms with Gasteiger partial charge in [0, 0.05) is 5.57 Å². The molecule has 0 saturated heterocycles. The Hall–Kier alpha value is -1.13. The van der Waals surface area contributed by atoms with Crippen molar-refractivity contribution in [2.24, 2.45) is 0 Å². The van der Waals surface area contributed by atoms with Crippen molar-refractivity contribution >= 4 is 5.78 Å². The Morgan fingerprint density at radius 3 is 2.13 bits per heavy atom. The van der Waals surface area contributed by atoms with Gasteiger partial charge in [-0.25, -0.2) is 4.39 Å². The van der Waals surface area contributed by atoms with Gasteiger partial charge in [-0.15, -0.1) is 0 Å². The third-order valence-corrected chi connectivity index (χ3v) is 1.56. The summed E-state index contributed by atoms with van der Waals surface area (Å²) in [5, 5.41) is 0. The first-order chi connectivity index (χ1) is 6.78. The normalized spacial score (nSPS) is 14.3. The van der Waals surface area contributed by atoms with Gasteiger partial charge >= 0.3 is 6.18 Å². The number of halogens is 4. The van der Waals surface area contributed by atoms with E-state index in [1.807, 2.05) is 0 Å². The van der Waals surface area contributed by atoms with Crippen molar-refractivity contribution in [3.8, 4) is 0 Å². The van der Waals surface area contributed by atoms with Gasteiger partial charge in [-0.1, -0.05) is 13.0 Å². The molecule has 15 heavy (non-hydrogen) atoms. The molecule has 0 rings (SSSR count). The van der Waals surface area contributed by atoms with Gasteiger partial charge in [0.2, 0.25) is 0 Å². The molecule has 0 aromatic rings. The number of ketones is 1. The minimum atomic E-state index is -4.42. The summed E-state index contributed by atoms with van der Waals surface area (Å²) in [4.78, 5) is 10.9. The molecule has 0 aromatic carbocycles. The van der Waals surface area contributed by atoms with Crippen molar-refractivity contribution in [1.82, 2.24) is 0 Å². The average molecular weight is 224 g/mol. The molecule has 0 aromatic heterocycles. The highest BCUT2D eigenvalue weighted by Gasteiger charge is 2.26. The second-order valence-corrected chi connectivity index (χ2v) is 2.95. The van der Waals surface area contributed by atoms with Crippen LogP contribution in [0.1, 0.15) is 26.7 Å². The first-order valence-electron chi connectivity index (χ1n) is 4.41. The predicted molar refractivity (Wildman–Crippen MR) is 48.9 cm³/mol. The molecule has 0 heterocycles. The lowest BCUT2D eigenvalue weighted by molar-refractivity contribution is -0.125. The van der Waals surface area contributed by atoms with Crippen LogP contribution in [0.4, 0.5) is 17.6 Å². The van der Waals surface area contributed by atoms with Gasteiger partial charge in [0.1, 0.15) is 5.83 Å². The smallest absolute Gasteiger partial charge is 0.294 e. The van der Waals surface area contributed by atoms with Crippen LogP contribution in [0.25, 0.3) is 0 Å². The van der Waals surface area contributed by atoms with E-state index in [1.54, 1.807) is 6.92 Å². The third-order valence-electron chi connectivity index (χ3n) is 1.56. The summed E-state index contributed by atoms with van der Waals surface area (Å²) < 4.78 is 48.6. The van der Waals surface area contributed by atoms with E-state index in [0.29, 0.717) is 12.5 Å². The lowest BCUT2D eigenvalue weighted by Gasteiger charge is -2.04. The monoisotopic (exact) mass is 224 g/mol. The summed E-state index contributed by atoms with van der Waals surface area (Å²) in [5.41, 5.74) is -0.505. The quantitative estimate of drug-likeness (QED) is 0.404. The molecular weight excluding hydrogens is 212 g/mol. The van der Waals surface area contributed by atoms with E-state index in [9.17, 15) is 22.4 Å². The van der Waals surface area contributed by atoms with Crippen molar-refractivity contribution in [2.45, 2.75) is 32.9 Å². The zero-order valence-corrected chi connectivity index (χ0v) is 8.49. The van der Waals surface area contributed by atoms with Crippen LogP contribution < -0.4 is 0 Å². The second-order valence-electron chi connectivity index (χ2n) is 2.95. The highest BCUT2D eigenvalue weighted by molar-refractivity contribution is 5.96. The Morgan fingerprint density at radius 1 is 1.27 bits per heavy atom. The van der Waals surface area contributed by atoms with Crippen molar-refractivity contribution in [3.63, 3.8) is 0 Å². The summed E-state index contributed by atoms with van der Waals surface area (Å²) >= 11 is 0. The Morgan fingerprint density at radius 2 is 1.80 bits per heavy atom. The van der Waals surface area contributed by atoms with Gasteiger partial charge < -0.3 is 0 Å². The number of Topliss-reactive ketones (excluding diaryl/α,β-unsaturated/α-hetero) is 1. The fourth-order valence-corrected chi connectivity index (χ4v) is 0.916. The summed E-state index contributed by atoms with van der Waals surface area (Å²) in [6.07, 6.45) is -3.75. The lowest BCUT2D eigenvalue weighted by Crippen LogP contribution is -2.07. The zero-order chi connectivity index (χ0) is 12.1. The van der Waals surface area contributed by atoms with E-state index in [0.717, 1.165) is 13.0 Å². The summed E-state index contributed by atoms with van der Waals surface area (Å²) in [6.45, 7) is 2.66. The number of hydrogen-bond acceptors (Lipinski definition) is 1. The number of carbonyl (C=O) groups is 1. The molecular formula is C10H12F4O. The molecule has 0 aliphatic heterocycles. The van der Waals surface area contributed by atoms with Gasteiger partial charge in [0.25, 0.3) is 0 Å². The number of hydrogen-bond donors (Lipinski definition) is 0. The van der Waals surface area contributed by atoms with Crippen LogP contribution in [0, 0.1) is 0 Å². The highest BCUT2D eigenvalue weighted by Crippen LogP contribution is 2.23. The van der Waals surface area contributed by atoms with Crippen LogP contribution in [-0.4, -0.2) is 12.0 Å². The van der Waals surface area contributed by atoms with Gasteiger partial charge in [-0.05, 0) is 19.4 Å². The standard InChI is InChI=1S/C10H12F4O/c1-3-4-9(11)8(7(2)15)5-6-10(12,13)14/h4-5H,3,6H2,1-2H3/b8-5-,9-4+. The predicted octanol–water partition coefficient (Wildman–Crippen LogP) is 3.72. The molecule has 1 nitrogen and oxygen atoms in total. The van der Waals surface area contributed by atoms with E-state index in [1.165, 1.54) is 0 Å². The van der Waals surface area contributed by atoms with Crippen LogP contribution >= 0.6 is 0 Å². The zero-order valence-electron chi connectivity index (χ0n) is 8.49. The number of allylic oxidation sites excluding steroid dienone is 4. The number of rotatable bonds is 4. The molecule has 0 N–H and O–H groups in total. The molecule has 0 atom stereocenters. The maximum absolute atomic E-state index is 13.1. The van der Waals surface area contributed by atoms with Crippen LogP contribution in [0.3, 0.4) is 0 Å². The molecule has 0 radical (unpaired) electrons. The molecule has 0 saturated carbocycles. The van der Waals surface area contributed by atoms with Crippen molar-refractivity contribution in [1.29, 1.82) is 0 Å². The summed E-state index contributed by atoms with van der Waals surface area (Å²) in [5.74, 6) is -1.60. The lowest BCUT2D eigenvalue weighted by atomic mass is 10.1. The Balaban J connectivity index is 4.83. The van der Waals surface area contributed by atoms with E-state index in [4.69, 9.17) is 0 Å². The van der Waals surface area contributed by atoms with Gasteiger partial charge in [0.15, 0.2) is 5.78 Å². The van der Waals surface area contributed by atoms with Crippen LogP contribution in [0.15, 0.2) is 23.6 Å². The maximum atomic E-state index is 13.1.